The lowest BCUT2D eigenvalue weighted by atomic mass is 10.1. The maximum absolute atomic E-state index is 14.2. The Morgan fingerprint density at radius 3 is 2.45 bits per heavy atom. The fourth-order valence-corrected chi connectivity index (χ4v) is 3.62. The molecule has 0 saturated carbocycles. The summed E-state index contributed by atoms with van der Waals surface area (Å²) in [5.74, 6) is -1.48. The van der Waals surface area contributed by atoms with Crippen LogP contribution in [0, 0.1) is 11.6 Å². The van der Waals surface area contributed by atoms with Crippen molar-refractivity contribution in [3.63, 3.8) is 0 Å². The van der Waals surface area contributed by atoms with Crippen LogP contribution in [0.2, 0.25) is 0 Å². The van der Waals surface area contributed by atoms with Crippen molar-refractivity contribution in [2.45, 2.75) is 6.92 Å². The number of carbonyl (C=O) groups is 2. The minimum absolute atomic E-state index is 0.111. The quantitative estimate of drug-likeness (QED) is 0.378. The van der Waals surface area contributed by atoms with Crippen LogP contribution in [0.5, 0.6) is 11.5 Å². The first-order valence-electron chi connectivity index (χ1n) is 8.99. The molecule has 3 rings (SSSR count). The molecule has 0 fully saturated rings. The lowest BCUT2D eigenvalue weighted by Crippen LogP contribution is -2.23. The number of allylic oxidation sites excluding steroid dienone is 1. The number of methoxy groups -OCH3 is 2. The highest BCUT2D eigenvalue weighted by atomic mass is 32.1. The molecule has 0 atom stereocenters. The number of ether oxygens (including phenoxy) is 2. The van der Waals surface area contributed by atoms with E-state index in [9.17, 15) is 18.4 Å². The monoisotopic (exact) mass is 444 g/mol. The molecule has 1 aromatic heterocycles. The van der Waals surface area contributed by atoms with Gasteiger partial charge in [-0.25, -0.2) is 13.8 Å². The maximum Gasteiger partial charge on any atom is 0.230 e. The summed E-state index contributed by atoms with van der Waals surface area (Å²) >= 11 is 1.09. The first-order valence-corrected chi connectivity index (χ1v) is 9.87. The average Bonchev–Trinajstić information content (AvgIpc) is 3.21. The Balaban J connectivity index is 1.83. The van der Waals surface area contributed by atoms with Gasteiger partial charge in [-0.05, 0) is 42.5 Å². The number of hydrogen-bond acceptors (Lipinski definition) is 6. The van der Waals surface area contributed by atoms with Crippen molar-refractivity contribution in [3.05, 3.63) is 70.7 Å². The summed E-state index contributed by atoms with van der Waals surface area (Å²) in [6.07, 6.45) is 2.81. The van der Waals surface area contributed by atoms with Crippen LogP contribution in [0.15, 0.2) is 47.9 Å². The Kier molecular flexibility index (Phi) is 6.76. The molecule has 1 heterocycles. The number of rotatable bonds is 7. The van der Waals surface area contributed by atoms with Crippen molar-refractivity contribution < 1.29 is 27.8 Å². The van der Waals surface area contributed by atoms with Gasteiger partial charge in [0.15, 0.2) is 22.4 Å². The van der Waals surface area contributed by atoms with Gasteiger partial charge in [-0.15, -0.1) is 11.3 Å². The average molecular weight is 444 g/mol. The first kappa shape index (κ1) is 22.1. The Bertz CT molecular complexity index is 1160. The van der Waals surface area contributed by atoms with Gasteiger partial charge in [0.25, 0.3) is 0 Å². The summed E-state index contributed by atoms with van der Waals surface area (Å²) in [4.78, 5) is 29.9. The van der Waals surface area contributed by atoms with E-state index in [0.717, 1.165) is 22.3 Å². The third-order valence-electron chi connectivity index (χ3n) is 4.24. The lowest BCUT2D eigenvalue weighted by molar-refractivity contribution is -0.115. The number of thiazole rings is 1. The molecule has 0 aliphatic rings. The van der Waals surface area contributed by atoms with E-state index in [1.54, 1.807) is 23.6 Å². The summed E-state index contributed by atoms with van der Waals surface area (Å²) in [7, 11) is 2.98. The molecule has 0 aliphatic heterocycles. The fourth-order valence-electron chi connectivity index (χ4n) is 2.77. The van der Waals surface area contributed by atoms with Crippen LogP contribution in [0.3, 0.4) is 0 Å². The summed E-state index contributed by atoms with van der Waals surface area (Å²) < 4.78 is 37.7. The Morgan fingerprint density at radius 1 is 1.06 bits per heavy atom. The van der Waals surface area contributed by atoms with Crippen molar-refractivity contribution in [1.82, 2.24) is 4.98 Å². The van der Waals surface area contributed by atoms with Crippen molar-refractivity contribution in [3.8, 4) is 11.5 Å². The third-order valence-corrected chi connectivity index (χ3v) is 5.08. The van der Waals surface area contributed by atoms with Crippen molar-refractivity contribution in [1.29, 1.82) is 0 Å². The maximum atomic E-state index is 14.2. The molecule has 3 aromatic rings. The van der Waals surface area contributed by atoms with Gasteiger partial charge in [-0.1, -0.05) is 0 Å². The van der Waals surface area contributed by atoms with Crippen molar-refractivity contribution >= 4 is 39.9 Å². The van der Waals surface area contributed by atoms with E-state index < -0.39 is 17.5 Å². The van der Waals surface area contributed by atoms with Crippen LogP contribution in [-0.2, 0) is 4.79 Å². The number of nitrogens with zero attached hydrogens (tertiary/aromatic N) is 2. The molecule has 0 N–H and O–H groups in total. The summed E-state index contributed by atoms with van der Waals surface area (Å²) in [5, 5.41) is 1.81. The molecular weight excluding hydrogens is 426 g/mol. The lowest BCUT2D eigenvalue weighted by Gasteiger charge is -2.18. The minimum atomic E-state index is -0.883. The molecule has 160 valence electrons. The van der Waals surface area contributed by atoms with E-state index in [1.807, 2.05) is 0 Å². The topological polar surface area (TPSA) is 68.7 Å². The fraction of sp³-hybridized carbons (Fsp3) is 0.136. The molecule has 9 heteroatoms. The number of hydrogen-bond donors (Lipinski definition) is 0. The molecule has 0 spiro atoms. The van der Waals surface area contributed by atoms with Gasteiger partial charge in [0, 0.05) is 23.9 Å². The second-order valence-corrected chi connectivity index (χ2v) is 7.11. The highest BCUT2D eigenvalue weighted by Gasteiger charge is 2.21. The number of halogens is 2. The second-order valence-electron chi connectivity index (χ2n) is 6.27. The van der Waals surface area contributed by atoms with Crippen LogP contribution < -0.4 is 14.4 Å². The van der Waals surface area contributed by atoms with E-state index in [0.29, 0.717) is 28.8 Å². The zero-order chi connectivity index (χ0) is 22.5. The molecule has 2 aromatic carbocycles. The summed E-state index contributed by atoms with van der Waals surface area (Å²) in [6, 6.07) is 7.72. The summed E-state index contributed by atoms with van der Waals surface area (Å²) in [6.45, 7) is 1.25. The van der Waals surface area contributed by atoms with Crippen LogP contribution >= 0.6 is 11.3 Å². The molecule has 1 amide bonds. The van der Waals surface area contributed by atoms with E-state index in [1.165, 1.54) is 39.4 Å². The van der Waals surface area contributed by atoms with E-state index in [2.05, 4.69) is 4.98 Å². The number of aromatic nitrogens is 1. The van der Waals surface area contributed by atoms with E-state index >= 15 is 0 Å². The molecule has 0 unspecified atom stereocenters. The minimum Gasteiger partial charge on any atom is -0.493 e. The van der Waals surface area contributed by atoms with Gasteiger partial charge >= 0.3 is 0 Å². The van der Waals surface area contributed by atoms with Gasteiger partial charge in [0.05, 0.1) is 25.6 Å². The first-order chi connectivity index (χ1) is 14.8. The predicted octanol–water partition coefficient (Wildman–Crippen LogP) is 5.02. The number of amides is 1. The smallest absolute Gasteiger partial charge is 0.230 e. The van der Waals surface area contributed by atoms with Gasteiger partial charge in [0.1, 0.15) is 11.6 Å². The number of anilines is 2. The third kappa shape index (κ3) is 4.95. The highest BCUT2D eigenvalue weighted by Crippen LogP contribution is 2.32. The SMILES string of the molecule is COc1ccc(C(=O)/C=C/c2csc(N(C(C)=O)c3ccc(F)cc3F)n2)cc1OC. The van der Waals surface area contributed by atoms with Gasteiger partial charge in [0.2, 0.25) is 5.91 Å². The zero-order valence-electron chi connectivity index (χ0n) is 16.9. The molecule has 0 aliphatic carbocycles. The Hall–Kier alpha value is -3.59. The molecule has 0 saturated heterocycles. The van der Waals surface area contributed by atoms with Crippen molar-refractivity contribution in [2.24, 2.45) is 0 Å². The Labute approximate surface area is 181 Å². The number of ketones is 1. The zero-order valence-corrected chi connectivity index (χ0v) is 17.7. The van der Waals surface area contributed by atoms with E-state index in [4.69, 9.17) is 9.47 Å². The van der Waals surface area contributed by atoms with Crippen LogP contribution in [0.4, 0.5) is 19.6 Å². The van der Waals surface area contributed by atoms with Gasteiger partial charge in [-0.3, -0.25) is 14.5 Å². The molecule has 31 heavy (non-hydrogen) atoms. The highest BCUT2D eigenvalue weighted by molar-refractivity contribution is 7.14. The van der Waals surface area contributed by atoms with E-state index in [-0.39, 0.29) is 16.6 Å². The number of carbonyl (C=O) groups excluding carboxylic acids is 2. The number of benzene rings is 2. The molecule has 0 radical (unpaired) electrons. The van der Waals surface area contributed by atoms with Gasteiger partial charge in [-0.2, -0.15) is 0 Å². The normalized spacial score (nSPS) is 10.9. The van der Waals surface area contributed by atoms with Gasteiger partial charge < -0.3 is 9.47 Å². The largest absolute Gasteiger partial charge is 0.493 e. The van der Waals surface area contributed by atoms with Crippen LogP contribution in [0.1, 0.15) is 23.0 Å². The Morgan fingerprint density at radius 2 is 1.81 bits per heavy atom. The molecular formula is C22H18F2N2O4S. The molecule has 0 bridgehead atoms. The predicted molar refractivity (Wildman–Crippen MR) is 114 cm³/mol. The van der Waals surface area contributed by atoms with Crippen LogP contribution in [-0.4, -0.2) is 30.9 Å². The van der Waals surface area contributed by atoms with Crippen LogP contribution in [0.25, 0.3) is 6.08 Å². The second kappa shape index (κ2) is 9.48. The molecule has 6 nitrogen and oxygen atoms in total. The van der Waals surface area contributed by atoms with Crippen molar-refractivity contribution in [2.75, 3.05) is 19.1 Å². The summed E-state index contributed by atoms with van der Waals surface area (Å²) in [5.41, 5.74) is 0.686. The standard InChI is InChI=1S/C22H18F2N2O4S/c1-13(27)26(18-7-5-15(23)11-17(18)24)22-25-16(12-31-22)6-8-19(28)14-4-9-20(29-2)21(10-14)30-3/h4-12H,1-3H3/b8-6+.